The van der Waals surface area contributed by atoms with Crippen LogP contribution >= 0.6 is 11.8 Å². The van der Waals surface area contributed by atoms with Gasteiger partial charge in [0, 0.05) is 0 Å². The summed E-state index contributed by atoms with van der Waals surface area (Å²) in [5.41, 5.74) is 5.77. The summed E-state index contributed by atoms with van der Waals surface area (Å²) in [6.45, 7) is 0. The van der Waals surface area contributed by atoms with Crippen LogP contribution in [0.2, 0.25) is 0 Å². The highest BCUT2D eigenvalue weighted by Crippen LogP contribution is 2.49. The number of aliphatic imine (C=N–C) groups is 1. The maximum atomic E-state index is 13.0. The Labute approximate surface area is 136 Å². The number of rotatable bonds is 0. The van der Waals surface area contributed by atoms with Gasteiger partial charge in [0.25, 0.3) is 11.8 Å². The van der Waals surface area contributed by atoms with Crippen molar-refractivity contribution < 1.29 is 9.59 Å². The van der Waals surface area contributed by atoms with Crippen LogP contribution in [0.15, 0.2) is 53.5 Å². The minimum absolute atomic E-state index is 0.0810. The molecule has 3 aliphatic rings. The average molecular weight is 321 g/mol. The van der Waals surface area contributed by atoms with E-state index < -0.39 is 5.54 Å². The Morgan fingerprint density at radius 3 is 2.26 bits per heavy atom. The van der Waals surface area contributed by atoms with Crippen LogP contribution in [-0.4, -0.2) is 27.7 Å². The second kappa shape index (κ2) is 4.31. The molecule has 5 nitrogen and oxygen atoms in total. The molecule has 2 aromatic rings. The van der Waals surface area contributed by atoms with E-state index in [1.165, 1.54) is 16.8 Å². The number of carbonyl (C=O) groups is 2. The molecule has 112 valence electrons. The summed E-state index contributed by atoms with van der Waals surface area (Å²) in [4.78, 5) is 29.3. The van der Waals surface area contributed by atoms with Gasteiger partial charge in [0.05, 0.1) is 5.75 Å². The van der Waals surface area contributed by atoms with Crippen LogP contribution in [0, 0.1) is 0 Å². The van der Waals surface area contributed by atoms with E-state index in [-0.39, 0.29) is 11.8 Å². The van der Waals surface area contributed by atoms with Crippen molar-refractivity contribution in [2.75, 3.05) is 5.75 Å². The molecule has 0 bridgehead atoms. The zero-order valence-electron chi connectivity index (χ0n) is 11.9. The molecule has 0 radical (unpaired) electrons. The van der Waals surface area contributed by atoms with E-state index in [0.717, 1.165) is 22.3 Å². The third kappa shape index (κ3) is 1.49. The molecule has 23 heavy (non-hydrogen) atoms. The quantitative estimate of drug-likeness (QED) is 0.805. The van der Waals surface area contributed by atoms with E-state index in [2.05, 4.69) is 10.4 Å². The lowest BCUT2D eigenvalue weighted by atomic mass is 9.87. The summed E-state index contributed by atoms with van der Waals surface area (Å²) in [6.07, 6.45) is 0. The average Bonchev–Trinajstić information content (AvgIpc) is 3.07. The first-order chi connectivity index (χ1) is 11.2. The molecule has 2 heterocycles. The Morgan fingerprint density at radius 2 is 1.61 bits per heavy atom. The predicted molar refractivity (Wildman–Crippen MR) is 87.5 cm³/mol. The number of carbonyl (C=O) groups excluding carboxylic acids is 2. The maximum Gasteiger partial charge on any atom is 0.279 e. The highest BCUT2D eigenvalue weighted by molar-refractivity contribution is 8.15. The van der Waals surface area contributed by atoms with Gasteiger partial charge in [0.1, 0.15) is 0 Å². The van der Waals surface area contributed by atoms with Crippen LogP contribution in [0.4, 0.5) is 0 Å². The number of nitrogens with zero attached hydrogens (tertiary/aromatic N) is 2. The Bertz CT molecular complexity index is 876. The Balaban J connectivity index is 1.83. The molecule has 1 N–H and O–H groups in total. The molecule has 1 saturated heterocycles. The van der Waals surface area contributed by atoms with Crippen molar-refractivity contribution >= 4 is 28.7 Å². The van der Waals surface area contributed by atoms with Crippen molar-refractivity contribution in [3.8, 4) is 11.1 Å². The smallest absolute Gasteiger partial charge is 0.272 e. The van der Waals surface area contributed by atoms with Gasteiger partial charge in [0.2, 0.25) is 0 Å². The van der Waals surface area contributed by atoms with Crippen molar-refractivity contribution in [3.63, 3.8) is 0 Å². The fourth-order valence-corrected chi connectivity index (χ4v) is 4.33. The van der Waals surface area contributed by atoms with Gasteiger partial charge < -0.3 is 0 Å². The Hall–Kier alpha value is -2.44. The topological polar surface area (TPSA) is 61.8 Å². The summed E-state index contributed by atoms with van der Waals surface area (Å²) in [5, 5.41) is 1.86. The fourth-order valence-electron chi connectivity index (χ4n) is 3.53. The number of hydrazine groups is 1. The largest absolute Gasteiger partial charge is 0.279 e. The standard InChI is InChI=1S/C17H11N3O2S/c21-14-9-23-16-18-15(22)17(19-20(14)16)12-7-3-1-5-10(12)11-6-2-4-8-13(11)17/h1-8,19H,9H2. The number of nitrogens with one attached hydrogen (secondary N) is 1. The van der Waals surface area contributed by atoms with Gasteiger partial charge in [0.15, 0.2) is 10.7 Å². The van der Waals surface area contributed by atoms with Gasteiger partial charge in [-0.3, -0.25) is 9.59 Å². The van der Waals surface area contributed by atoms with Gasteiger partial charge in [-0.05, 0) is 22.3 Å². The summed E-state index contributed by atoms with van der Waals surface area (Å²) in [7, 11) is 0. The minimum atomic E-state index is -1.11. The van der Waals surface area contributed by atoms with E-state index >= 15 is 0 Å². The first kappa shape index (κ1) is 13.0. The van der Waals surface area contributed by atoms with E-state index in [4.69, 9.17) is 0 Å². The molecule has 5 rings (SSSR count). The van der Waals surface area contributed by atoms with Gasteiger partial charge in [-0.1, -0.05) is 60.3 Å². The lowest BCUT2D eigenvalue weighted by Crippen LogP contribution is -2.61. The van der Waals surface area contributed by atoms with Gasteiger partial charge in [-0.15, -0.1) is 0 Å². The van der Waals surface area contributed by atoms with Crippen LogP contribution in [-0.2, 0) is 15.1 Å². The molecule has 1 aliphatic carbocycles. The number of hydrogen-bond acceptors (Lipinski definition) is 4. The fraction of sp³-hybridized carbons (Fsp3) is 0.118. The number of amides is 2. The Kier molecular flexibility index (Phi) is 2.44. The minimum Gasteiger partial charge on any atom is -0.272 e. The van der Waals surface area contributed by atoms with Crippen molar-refractivity contribution in [2.24, 2.45) is 4.99 Å². The highest BCUT2D eigenvalue weighted by atomic mass is 32.2. The van der Waals surface area contributed by atoms with Crippen molar-refractivity contribution in [2.45, 2.75) is 5.54 Å². The molecule has 2 aliphatic heterocycles. The summed E-state index contributed by atoms with van der Waals surface area (Å²) in [6, 6.07) is 15.6. The molecule has 0 saturated carbocycles. The number of benzene rings is 2. The van der Waals surface area contributed by atoms with Crippen molar-refractivity contribution in [3.05, 3.63) is 59.7 Å². The molecule has 0 aromatic heterocycles. The van der Waals surface area contributed by atoms with Crippen molar-refractivity contribution in [1.82, 2.24) is 10.4 Å². The second-order valence-corrected chi connectivity index (χ2v) is 6.61. The maximum absolute atomic E-state index is 13.0. The molecule has 0 atom stereocenters. The van der Waals surface area contributed by atoms with Crippen LogP contribution in [0.1, 0.15) is 11.1 Å². The normalized spacial score (nSPS) is 20.3. The third-order valence-electron chi connectivity index (χ3n) is 4.52. The van der Waals surface area contributed by atoms with E-state index in [0.29, 0.717) is 10.9 Å². The van der Waals surface area contributed by atoms with Crippen molar-refractivity contribution in [1.29, 1.82) is 0 Å². The number of amidine groups is 1. The molecule has 1 spiro atoms. The first-order valence-electron chi connectivity index (χ1n) is 7.28. The SMILES string of the molecule is O=C1CSC2=NC(=O)C3(NN12)c1ccccc1-c1ccccc13. The molecule has 2 aromatic carbocycles. The molecule has 1 fully saturated rings. The number of thioether (sulfide) groups is 1. The molecule has 0 unspecified atom stereocenters. The molecular weight excluding hydrogens is 310 g/mol. The number of hydrogen-bond donors (Lipinski definition) is 1. The highest BCUT2D eigenvalue weighted by Gasteiger charge is 2.54. The monoisotopic (exact) mass is 321 g/mol. The first-order valence-corrected chi connectivity index (χ1v) is 8.26. The number of fused-ring (bicyclic) bond motifs is 6. The summed E-state index contributed by atoms with van der Waals surface area (Å²) >= 11 is 1.29. The third-order valence-corrected chi connectivity index (χ3v) is 5.44. The zero-order chi connectivity index (χ0) is 15.6. The van der Waals surface area contributed by atoms with E-state index in [1.54, 1.807) is 0 Å². The van der Waals surface area contributed by atoms with Gasteiger partial charge >= 0.3 is 0 Å². The summed E-state index contributed by atoms with van der Waals surface area (Å²) < 4.78 is 0. The molecular formula is C17H11N3O2S. The van der Waals surface area contributed by atoms with Crippen LogP contribution in [0.3, 0.4) is 0 Å². The van der Waals surface area contributed by atoms with Gasteiger partial charge in [-0.2, -0.15) is 4.99 Å². The zero-order valence-corrected chi connectivity index (χ0v) is 12.8. The predicted octanol–water partition coefficient (Wildman–Crippen LogP) is 1.89. The summed E-state index contributed by atoms with van der Waals surface area (Å²) in [5.74, 6) is -0.0517. The molecule has 6 heteroatoms. The Morgan fingerprint density at radius 1 is 1.00 bits per heavy atom. The molecule has 2 amide bonds. The van der Waals surface area contributed by atoms with Crippen LogP contribution in [0.25, 0.3) is 11.1 Å². The lowest BCUT2D eigenvalue weighted by molar-refractivity contribution is -0.132. The lowest BCUT2D eigenvalue weighted by Gasteiger charge is -2.36. The van der Waals surface area contributed by atoms with E-state index in [9.17, 15) is 9.59 Å². The second-order valence-electron chi connectivity index (χ2n) is 5.67. The van der Waals surface area contributed by atoms with Crippen LogP contribution < -0.4 is 5.43 Å². The van der Waals surface area contributed by atoms with E-state index in [1.807, 2.05) is 48.5 Å². The van der Waals surface area contributed by atoms with Gasteiger partial charge in [-0.25, -0.2) is 10.4 Å². The van der Waals surface area contributed by atoms with Crippen LogP contribution in [0.5, 0.6) is 0 Å².